The lowest BCUT2D eigenvalue weighted by Crippen LogP contribution is -2.38. The lowest BCUT2D eigenvalue weighted by Gasteiger charge is -2.30. The Morgan fingerprint density at radius 2 is 2.46 bits per heavy atom. The van der Waals surface area contributed by atoms with Crippen LogP contribution in [0, 0.1) is 0 Å². The number of carbonyl (C=O) groups is 1. The molecule has 1 atom stereocenters. The molecule has 74 valence electrons. The van der Waals surface area contributed by atoms with Crippen LogP contribution in [0.5, 0.6) is 0 Å². The molecule has 0 aromatic rings. The van der Waals surface area contributed by atoms with Gasteiger partial charge in [-0.3, -0.25) is 9.69 Å². The summed E-state index contributed by atoms with van der Waals surface area (Å²) >= 11 is 0. The molecule has 0 bridgehead atoms. The average Bonchev–Trinajstić information content (AvgIpc) is 2.04. The molecule has 0 saturated carbocycles. The second kappa shape index (κ2) is 4.42. The standard InChI is InChI=1S/C10H18N2O/c1-8-3-5-12(6-4-8)9(2)7-10(11)13/h3,9H,4-7H2,1-2H3,(H2,11,13). The Morgan fingerprint density at radius 3 is 2.92 bits per heavy atom. The number of amides is 1. The molecule has 1 aliphatic heterocycles. The number of hydrogen-bond acceptors (Lipinski definition) is 2. The summed E-state index contributed by atoms with van der Waals surface area (Å²) in [5.41, 5.74) is 6.59. The predicted molar refractivity (Wildman–Crippen MR) is 53.2 cm³/mol. The van der Waals surface area contributed by atoms with Gasteiger partial charge in [0, 0.05) is 25.6 Å². The largest absolute Gasteiger partial charge is 0.370 e. The van der Waals surface area contributed by atoms with Gasteiger partial charge in [0.1, 0.15) is 0 Å². The first-order valence-corrected chi connectivity index (χ1v) is 4.77. The van der Waals surface area contributed by atoms with Crippen LogP contribution in [0.15, 0.2) is 11.6 Å². The van der Waals surface area contributed by atoms with Crippen molar-refractivity contribution in [1.82, 2.24) is 4.90 Å². The topological polar surface area (TPSA) is 46.3 Å². The first-order valence-electron chi connectivity index (χ1n) is 4.77. The molecule has 1 unspecified atom stereocenters. The van der Waals surface area contributed by atoms with E-state index < -0.39 is 0 Å². The lowest BCUT2D eigenvalue weighted by atomic mass is 10.1. The maximum atomic E-state index is 10.7. The number of primary amides is 1. The van der Waals surface area contributed by atoms with E-state index in [0.29, 0.717) is 6.42 Å². The van der Waals surface area contributed by atoms with Crippen molar-refractivity contribution in [1.29, 1.82) is 0 Å². The molecule has 0 fully saturated rings. The highest BCUT2D eigenvalue weighted by Crippen LogP contribution is 2.13. The van der Waals surface area contributed by atoms with E-state index in [1.54, 1.807) is 0 Å². The van der Waals surface area contributed by atoms with Crippen LogP contribution < -0.4 is 5.73 Å². The van der Waals surface area contributed by atoms with Gasteiger partial charge in [-0.05, 0) is 20.3 Å². The summed E-state index contributed by atoms with van der Waals surface area (Å²) in [6.45, 7) is 6.21. The SMILES string of the molecule is CC1=CCN(C(C)CC(N)=O)CC1. The molecule has 0 spiro atoms. The summed E-state index contributed by atoms with van der Waals surface area (Å²) < 4.78 is 0. The van der Waals surface area contributed by atoms with E-state index in [2.05, 4.69) is 24.8 Å². The van der Waals surface area contributed by atoms with Crippen molar-refractivity contribution < 1.29 is 4.79 Å². The molecule has 3 heteroatoms. The maximum absolute atomic E-state index is 10.7. The molecule has 1 heterocycles. The van der Waals surface area contributed by atoms with Gasteiger partial charge in [-0.25, -0.2) is 0 Å². The Morgan fingerprint density at radius 1 is 1.77 bits per heavy atom. The van der Waals surface area contributed by atoms with Crippen molar-refractivity contribution in [2.24, 2.45) is 5.73 Å². The Bertz CT molecular complexity index is 223. The molecular formula is C10H18N2O. The van der Waals surface area contributed by atoms with Gasteiger partial charge in [-0.15, -0.1) is 0 Å². The van der Waals surface area contributed by atoms with Gasteiger partial charge in [0.15, 0.2) is 0 Å². The minimum Gasteiger partial charge on any atom is -0.370 e. The van der Waals surface area contributed by atoms with Crippen LogP contribution in [-0.2, 0) is 4.79 Å². The van der Waals surface area contributed by atoms with E-state index in [1.807, 2.05) is 0 Å². The molecule has 0 aromatic heterocycles. The van der Waals surface area contributed by atoms with Crippen LogP contribution >= 0.6 is 0 Å². The van der Waals surface area contributed by atoms with Gasteiger partial charge in [0.25, 0.3) is 0 Å². The Kier molecular flexibility index (Phi) is 3.48. The second-order valence-electron chi connectivity index (χ2n) is 3.81. The van der Waals surface area contributed by atoms with Crippen molar-refractivity contribution in [3.8, 4) is 0 Å². The van der Waals surface area contributed by atoms with Crippen molar-refractivity contribution in [3.63, 3.8) is 0 Å². The molecule has 0 aliphatic carbocycles. The fourth-order valence-electron chi connectivity index (χ4n) is 1.61. The van der Waals surface area contributed by atoms with E-state index in [9.17, 15) is 4.79 Å². The third-order valence-electron chi connectivity index (χ3n) is 2.59. The second-order valence-corrected chi connectivity index (χ2v) is 3.81. The smallest absolute Gasteiger partial charge is 0.218 e. The third kappa shape index (κ3) is 3.19. The normalized spacial score (nSPS) is 20.9. The van der Waals surface area contributed by atoms with Crippen LogP contribution in [0.25, 0.3) is 0 Å². The van der Waals surface area contributed by atoms with Crippen LogP contribution in [0.2, 0.25) is 0 Å². The molecule has 1 rings (SSSR count). The van der Waals surface area contributed by atoms with E-state index >= 15 is 0 Å². The van der Waals surface area contributed by atoms with Gasteiger partial charge in [-0.2, -0.15) is 0 Å². The summed E-state index contributed by atoms with van der Waals surface area (Å²) in [6.07, 6.45) is 3.80. The first-order chi connectivity index (χ1) is 6.09. The number of carbonyl (C=O) groups excluding carboxylic acids is 1. The molecule has 0 radical (unpaired) electrons. The Hall–Kier alpha value is -0.830. The zero-order valence-electron chi connectivity index (χ0n) is 8.42. The van der Waals surface area contributed by atoms with Gasteiger partial charge in [0.05, 0.1) is 0 Å². The Balaban J connectivity index is 2.40. The van der Waals surface area contributed by atoms with E-state index in [4.69, 9.17) is 5.73 Å². The number of rotatable bonds is 3. The van der Waals surface area contributed by atoms with Gasteiger partial charge < -0.3 is 5.73 Å². The molecule has 1 amide bonds. The zero-order valence-corrected chi connectivity index (χ0v) is 8.42. The van der Waals surface area contributed by atoms with Crippen molar-refractivity contribution >= 4 is 5.91 Å². The highest BCUT2D eigenvalue weighted by Gasteiger charge is 2.17. The molecule has 13 heavy (non-hydrogen) atoms. The van der Waals surface area contributed by atoms with Crippen LogP contribution in [-0.4, -0.2) is 29.9 Å². The Labute approximate surface area is 79.6 Å². The van der Waals surface area contributed by atoms with Crippen molar-refractivity contribution in [2.75, 3.05) is 13.1 Å². The summed E-state index contributed by atoms with van der Waals surface area (Å²) in [7, 11) is 0. The molecule has 0 saturated heterocycles. The van der Waals surface area contributed by atoms with E-state index in [1.165, 1.54) is 5.57 Å². The van der Waals surface area contributed by atoms with Crippen LogP contribution in [0.3, 0.4) is 0 Å². The number of nitrogens with two attached hydrogens (primary N) is 1. The molecule has 2 N–H and O–H groups in total. The fourth-order valence-corrected chi connectivity index (χ4v) is 1.61. The van der Waals surface area contributed by atoms with Gasteiger partial charge in [0.2, 0.25) is 5.91 Å². The first kappa shape index (κ1) is 10.3. The monoisotopic (exact) mass is 182 g/mol. The molecular weight excluding hydrogens is 164 g/mol. The highest BCUT2D eigenvalue weighted by atomic mass is 16.1. The lowest BCUT2D eigenvalue weighted by molar-refractivity contribution is -0.119. The maximum Gasteiger partial charge on any atom is 0.218 e. The van der Waals surface area contributed by atoms with Crippen LogP contribution in [0.4, 0.5) is 0 Å². The summed E-state index contributed by atoms with van der Waals surface area (Å²) in [6, 6.07) is 0.279. The summed E-state index contributed by atoms with van der Waals surface area (Å²) in [5, 5.41) is 0. The van der Waals surface area contributed by atoms with E-state index in [0.717, 1.165) is 19.5 Å². The van der Waals surface area contributed by atoms with Crippen molar-refractivity contribution in [2.45, 2.75) is 32.7 Å². The third-order valence-corrected chi connectivity index (χ3v) is 2.59. The van der Waals surface area contributed by atoms with E-state index in [-0.39, 0.29) is 11.9 Å². The van der Waals surface area contributed by atoms with Gasteiger partial charge >= 0.3 is 0 Å². The average molecular weight is 182 g/mol. The highest BCUT2D eigenvalue weighted by molar-refractivity contribution is 5.74. The quantitative estimate of drug-likeness (QED) is 0.659. The number of nitrogens with zero attached hydrogens (tertiary/aromatic N) is 1. The molecule has 1 aliphatic rings. The van der Waals surface area contributed by atoms with Gasteiger partial charge in [-0.1, -0.05) is 11.6 Å². The van der Waals surface area contributed by atoms with Crippen LogP contribution in [0.1, 0.15) is 26.7 Å². The number of hydrogen-bond donors (Lipinski definition) is 1. The summed E-state index contributed by atoms with van der Waals surface area (Å²) in [5.74, 6) is -0.209. The zero-order chi connectivity index (χ0) is 9.84. The minimum atomic E-state index is -0.209. The van der Waals surface area contributed by atoms with Crippen molar-refractivity contribution in [3.05, 3.63) is 11.6 Å². The minimum absolute atomic E-state index is 0.209. The fraction of sp³-hybridized carbons (Fsp3) is 0.700. The molecule has 0 aromatic carbocycles. The summed E-state index contributed by atoms with van der Waals surface area (Å²) in [4.78, 5) is 13.0. The predicted octanol–water partition coefficient (Wildman–Crippen LogP) is 0.902. The molecule has 3 nitrogen and oxygen atoms in total.